The van der Waals surface area contributed by atoms with Crippen molar-refractivity contribution in [3.8, 4) is 17.2 Å². The second kappa shape index (κ2) is 9.51. The van der Waals surface area contributed by atoms with Gasteiger partial charge in [-0.3, -0.25) is 4.79 Å². The lowest BCUT2D eigenvalue weighted by Gasteiger charge is -2.21. The van der Waals surface area contributed by atoms with E-state index >= 15 is 0 Å². The topological polar surface area (TPSA) is 87.0 Å². The summed E-state index contributed by atoms with van der Waals surface area (Å²) in [7, 11) is 0. The van der Waals surface area contributed by atoms with Gasteiger partial charge in [-0.25, -0.2) is 0 Å². The van der Waals surface area contributed by atoms with E-state index in [9.17, 15) is 20.1 Å². The van der Waals surface area contributed by atoms with Crippen molar-refractivity contribution in [1.29, 1.82) is 0 Å². The van der Waals surface area contributed by atoms with Crippen LogP contribution >= 0.6 is 0 Å². The molecule has 0 unspecified atom stereocenters. The van der Waals surface area contributed by atoms with Gasteiger partial charge in [-0.05, 0) is 65.6 Å². The molecule has 0 radical (unpaired) electrons. The molecular weight excluding hydrogens is 404 g/mol. The average Bonchev–Trinajstić information content (AvgIpc) is 2.74. The third kappa shape index (κ3) is 5.34. The van der Waals surface area contributed by atoms with E-state index in [1.165, 1.54) is 0 Å². The average molecular weight is 437 g/mol. The number of phenolic OH excluding ortho intramolecular Hbond substituents is 2. The van der Waals surface area contributed by atoms with Gasteiger partial charge in [0.2, 0.25) is 0 Å². The van der Waals surface area contributed by atoms with Crippen molar-refractivity contribution in [3.05, 3.63) is 65.2 Å². The summed E-state index contributed by atoms with van der Waals surface area (Å²) >= 11 is 0. The largest absolute Gasteiger partial charge is 0.504 e. The highest BCUT2D eigenvalue weighted by Crippen LogP contribution is 2.39. The smallest absolute Gasteiger partial charge is 0.310 e. The standard InChI is InChI=1S/C27H32O5/c1-17(26(30)31)19-8-9-21-16-22(12-10-20(21)15-19)32-14-6-5-7-18-11-13-23(27(2,3)4)25(29)24(18)28/h8-13,15-17,28-29H,5-7,14H2,1-4H3,(H,30,31)/t17-/m0/s1. The third-order valence-corrected chi connectivity index (χ3v) is 5.86. The highest BCUT2D eigenvalue weighted by atomic mass is 16.5. The van der Waals surface area contributed by atoms with Crippen LogP contribution in [0.5, 0.6) is 17.2 Å². The number of carboxylic acids is 1. The molecule has 3 aromatic rings. The lowest BCUT2D eigenvalue weighted by molar-refractivity contribution is -0.138. The van der Waals surface area contributed by atoms with Gasteiger partial charge < -0.3 is 20.1 Å². The second-order valence-electron chi connectivity index (χ2n) is 9.35. The first-order valence-corrected chi connectivity index (χ1v) is 11.0. The maximum Gasteiger partial charge on any atom is 0.310 e. The van der Waals surface area contributed by atoms with Crippen LogP contribution in [0.15, 0.2) is 48.5 Å². The zero-order valence-corrected chi connectivity index (χ0v) is 19.2. The predicted octanol–water partition coefficient (Wildman–Crippen LogP) is 6.14. The third-order valence-electron chi connectivity index (χ3n) is 5.86. The summed E-state index contributed by atoms with van der Waals surface area (Å²) in [6.07, 6.45) is 2.30. The van der Waals surface area contributed by atoms with Crippen LogP contribution in [0.3, 0.4) is 0 Å². The van der Waals surface area contributed by atoms with E-state index in [0.717, 1.165) is 46.1 Å². The summed E-state index contributed by atoms with van der Waals surface area (Å²) in [4.78, 5) is 11.2. The molecule has 3 N–H and O–H groups in total. The summed E-state index contributed by atoms with van der Waals surface area (Å²) in [5.74, 6) is -0.654. The molecule has 0 saturated heterocycles. The van der Waals surface area contributed by atoms with Crippen molar-refractivity contribution in [2.24, 2.45) is 0 Å². The van der Waals surface area contributed by atoms with Gasteiger partial charge in [0.25, 0.3) is 0 Å². The fraction of sp³-hybridized carbons (Fsp3) is 0.370. The lowest BCUT2D eigenvalue weighted by Crippen LogP contribution is -2.11. The summed E-state index contributed by atoms with van der Waals surface area (Å²) in [5, 5.41) is 31.8. The quantitative estimate of drug-likeness (QED) is 0.292. The number of unbranched alkanes of at least 4 members (excludes halogenated alkanes) is 1. The minimum absolute atomic E-state index is 0.0236. The Hall–Kier alpha value is -3.21. The molecule has 0 saturated carbocycles. The van der Waals surface area contributed by atoms with Crippen LogP contribution in [0.25, 0.3) is 10.8 Å². The van der Waals surface area contributed by atoms with E-state index in [0.29, 0.717) is 13.0 Å². The van der Waals surface area contributed by atoms with Gasteiger partial charge in [0.05, 0.1) is 12.5 Å². The monoisotopic (exact) mass is 436 g/mol. The number of fused-ring (bicyclic) bond motifs is 1. The number of aromatic hydroxyl groups is 2. The van der Waals surface area contributed by atoms with Crippen LogP contribution in [0.2, 0.25) is 0 Å². The van der Waals surface area contributed by atoms with E-state index in [-0.39, 0.29) is 16.9 Å². The maximum absolute atomic E-state index is 11.2. The van der Waals surface area contributed by atoms with Gasteiger partial charge in [0, 0.05) is 5.56 Å². The van der Waals surface area contributed by atoms with Gasteiger partial charge in [-0.1, -0.05) is 57.2 Å². The first-order valence-electron chi connectivity index (χ1n) is 11.0. The van der Waals surface area contributed by atoms with Crippen LogP contribution in [-0.4, -0.2) is 27.9 Å². The Labute approximate surface area is 189 Å². The van der Waals surface area contributed by atoms with Crippen LogP contribution in [-0.2, 0) is 16.6 Å². The van der Waals surface area contributed by atoms with Gasteiger partial charge >= 0.3 is 5.97 Å². The molecule has 0 bridgehead atoms. The number of carboxylic acid groups (broad SMARTS) is 1. The normalized spacial score (nSPS) is 12.6. The molecule has 0 fully saturated rings. The Morgan fingerprint density at radius 1 is 0.938 bits per heavy atom. The Kier molecular flexibility index (Phi) is 6.97. The second-order valence-corrected chi connectivity index (χ2v) is 9.35. The molecule has 3 rings (SSSR count). The molecule has 0 aliphatic rings. The Morgan fingerprint density at radius 2 is 1.62 bits per heavy atom. The van der Waals surface area contributed by atoms with Crippen molar-refractivity contribution < 1.29 is 24.9 Å². The van der Waals surface area contributed by atoms with Crippen LogP contribution in [0.4, 0.5) is 0 Å². The number of carbonyl (C=O) groups is 1. The number of ether oxygens (including phenoxy) is 1. The van der Waals surface area contributed by atoms with Crippen molar-refractivity contribution in [1.82, 2.24) is 0 Å². The number of aryl methyl sites for hydroxylation is 1. The lowest BCUT2D eigenvalue weighted by atomic mass is 9.85. The van der Waals surface area contributed by atoms with Crippen LogP contribution < -0.4 is 4.74 Å². The van der Waals surface area contributed by atoms with Crippen molar-refractivity contribution in [2.75, 3.05) is 6.61 Å². The van der Waals surface area contributed by atoms with Crippen molar-refractivity contribution >= 4 is 16.7 Å². The molecule has 5 nitrogen and oxygen atoms in total. The minimum Gasteiger partial charge on any atom is -0.504 e. The molecule has 0 heterocycles. The van der Waals surface area contributed by atoms with Gasteiger partial charge in [0.15, 0.2) is 11.5 Å². The number of aliphatic carboxylic acids is 1. The molecule has 0 aromatic heterocycles. The molecule has 3 aromatic carbocycles. The summed E-state index contributed by atoms with van der Waals surface area (Å²) < 4.78 is 5.88. The van der Waals surface area contributed by atoms with Crippen molar-refractivity contribution in [3.63, 3.8) is 0 Å². The fourth-order valence-corrected chi connectivity index (χ4v) is 3.78. The molecule has 32 heavy (non-hydrogen) atoms. The summed E-state index contributed by atoms with van der Waals surface area (Å²) in [6.45, 7) is 8.23. The number of phenols is 2. The number of hydrogen-bond donors (Lipinski definition) is 3. The zero-order chi connectivity index (χ0) is 23.5. The Bertz CT molecular complexity index is 1110. The maximum atomic E-state index is 11.2. The SMILES string of the molecule is C[C@H](C(=O)O)c1ccc2cc(OCCCCc3ccc(C(C)(C)C)c(O)c3O)ccc2c1. The molecule has 0 aliphatic carbocycles. The number of hydrogen-bond acceptors (Lipinski definition) is 4. The minimum atomic E-state index is -0.835. The fourth-order valence-electron chi connectivity index (χ4n) is 3.78. The molecular formula is C27H32O5. The van der Waals surface area contributed by atoms with Gasteiger partial charge in [0.1, 0.15) is 5.75 Å². The van der Waals surface area contributed by atoms with Gasteiger partial charge in [-0.2, -0.15) is 0 Å². The molecule has 0 amide bonds. The molecule has 1 atom stereocenters. The zero-order valence-electron chi connectivity index (χ0n) is 19.2. The molecule has 0 aliphatic heterocycles. The van der Waals surface area contributed by atoms with E-state index in [2.05, 4.69) is 0 Å². The van der Waals surface area contributed by atoms with Crippen LogP contribution in [0, 0.1) is 0 Å². The van der Waals surface area contributed by atoms with Gasteiger partial charge in [-0.15, -0.1) is 0 Å². The van der Waals surface area contributed by atoms with E-state index < -0.39 is 11.9 Å². The highest BCUT2D eigenvalue weighted by molar-refractivity contribution is 5.86. The van der Waals surface area contributed by atoms with E-state index in [1.807, 2.05) is 69.3 Å². The Balaban J connectivity index is 1.54. The molecule has 170 valence electrons. The number of benzene rings is 3. The Morgan fingerprint density at radius 3 is 2.31 bits per heavy atom. The van der Waals surface area contributed by atoms with E-state index in [1.54, 1.807) is 6.92 Å². The first-order chi connectivity index (χ1) is 15.1. The highest BCUT2D eigenvalue weighted by Gasteiger charge is 2.21. The summed E-state index contributed by atoms with van der Waals surface area (Å²) in [6, 6.07) is 15.3. The van der Waals surface area contributed by atoms with Crippen LogP contribution in [0.1, 0.15) is 63.1 Å². The molecule has 0 spiro atoms. The summed E-state index contributed by atoms with van der Waals surface area (Å²) in [5.41, 5.74) is 2.03. The van der Waals surface area contributed by atoms with E-state index in [4.69, 9.17) is 4.74 Å². The van der Waals surface area contributed by atoms with Crippen molar-refractivity contribution in [2.45, 2.75) is 58.3 Å². The molecule has 5 heteroatoms. The predicted molar refractivity (Wildman–Crippen MR) is 127 cm³/mol. The first kappa shape index (κ1) is 23.5. The number of rotatable bonds is 8.